The number of nitrogens with zero attached hydrogens (tertiary/aromatic N) is 3. The van der Waals surface area contributed by atoms with Crippen LogP contribution in [0.4, 0.5) is 5.82 Å². The molecular formula is C20H24N4O3S. The van der Waals surface area contributed by atoms with E-state index in [0.29, 0.717) is 17.1 Å². The van der Waals surface area contributed by atoms with E-state index in [0.717, 1.165) is 41.9 Å². The van der Waals surface area contributed by atoms with Crippen LogP contribution in [0.5, 0.6) is 0 Å². The van der Waals surface area contributed by atoms with Crippen LogP contribution >= 0.6 is 11.3 Å². The Morgan fingerprint density at radius 1 is 1.36 bits per heavy atom. The molecule has 148 valence electrons. The van der Waals surface area contributed by atoms with Crippen molar-refractivity contribution in [3.05, 3.63) is 32.9 Å². The number of thiazole rings is 1. The standard InChI is InChI=1S/C20H24N4O3S/c1-12-13(2)24(16-6-4-5-7-16)20(17(12)9-21)23-18(25)10-27-19(26)8-15-11-28-14(3)22-15/h11,16H,4-8,10H2,1-3H3,(H,23,25). The van der Waals surface area contributed by atoms with Crippen molar-refractivity contribution in [2.24, 2.45) is 0 Å². The lowest BCUT2D eigenvalue weighted by molar-refractivity contribution is -0.146. The number of aryl methyl sites for hydroxylation is 1. The summed E-state index contributed by atoms with van der Waals surface area (Å²) in [5.74, 6) is -0.434. The molecule has 0 atom stereocenters. The van der Waals surface area contributed by atoms with Gasteiger partial charge in [0.25, 0.3) is 5.91 Å². The van der Waals surface area contributed by atoms with Crippen LogP contribution in [0.2, 0.25) is 0 Å². The van der Waals surface area contributed by atoms with Crippen LogP contribution in [-0.4, -0.2) is 28.0 Å². The summed E-state index contributed by atoms with van der Waals surface area (Å²) in [4.78, 5) is 28.6. The Balaban J connectivity index is 1.67. The summed E-state index contributed by atoms with van der Waals surface area (Å²) < 4.78 is 7.15. The van der Waals surface area contributed by atoms with Crippen molar-refractivity contribution < 1.29 is 14.3 Å². The summed E-state index contributed by atoms with van der Waals surface area (Å²) in [6.07, 6.45) is 4.39. The zero-order valence-corrected chi connectivity index (χ0v) is 17.2. The van der Waals surface area contributed by atoms with E-state index in [4.69, 9.17) is 4.74 Å². The predicted molar refractivity (Wildman–Crippen MR) is 106 cm³/mol. The molecule has 1 fully saturated rings. The highest BCUT2D eigenvalue weighted by atomic mass is 32.1. The van der Waals surface area contributed by atoms with E-state index in [9.17, 15) is 14.9 Å². The molecule has 1 N–H and O–H groups in total. The molecule has 1 aliphatic carbocycles. The van der Waals surface area contributed by atoms with Gasteiger partial charge in [-0.2, -0.15) is 5.26 Å². The van der Waals surface area contributed by atoms with E-state index in [1.165, 1.54) is 11.3 Å². The minimum atomic E-state index is -0.500. The molecule has 0 bridgehead atoms. The van der Waals surface area contributed by atoms with E-state index in [1.54, 1.807) is 5.38 Å². The third kappa shape index (κ3) is 4.25. The number of nitriles is 1. The number of hydrogen-bond donors (Lipinski definition) is 1. The van der Waals surface area contributed by atoms with E-state index < -0.39 is 11.9 Å². The molecule has 0 radical (unpaired) electrons. The average Bonchev–Trinajstić information content (AvgIpc) is 3.36. The van der Waals surface area contributed by atoms with E-state index in [2.05, 4.69) is 20.9 Å². The van der Waals surface area contributed by atoms with Gasteiger partial charge in [-0.3, -0.25) is 9.59 Å². The number of nitrogens with one attached hydrogen (secondary N) is 1. The molecule has 3 rings (SSSR count). The summed E-state index contributed by atoms with van der Waals surface area (Å²) in [5.41, 5.74) is 2.98. The number of aromatic nitrogens is 2. The first-order valence-electron chi connectivity index (χ1n) is 9.38. The van der Waals surface area contributed by atoms with Crippen molar-refractivity contribution in [1.29, 1.82) is 5.26 Å². The summed E-state index contributed by atoms with van der Waals surface area (Å²) in [5, 5.41) is 15.1. The number of carbonyl (C=O) groups is 2. The highest BCUT2D eigenvalue weighted by Crippen LogP contribution is 2.37. The van der Waals surface area contributed by atoms with Gasteiger partial charge in [-0.05, 0) is 39.2 Å². The van der Waals surface area contributed by atoms with Gasteiger partial charge in [0.05, 0.1) is 22.7 Å². The number of carbonyl (C=O) groups excluding carboxylic acids is 2. The summed E-state index contributed by atoms with van der Waals surface area (Å²) in [6.45, 7) is 5.34. The topological polar surface area (TPSA) is 97.0 Å². The fourth-order valence-corrected chi connectivity index (χ4v) is 4.32. The Bertz CT molecular complexity index is 932. The molecule has 2 heterocycles. The lowest BCUT2D eigenvalue weighted by atomic mass is 10.2. The predicted octanol–water partition coefficient (Wildman–Crippen LogP) is 3.58. The fraction of sp³-hybridized carbons (Fsp3) is 0.500. The van der Waals surface area contributed by atoms with Crippen LogP contribution in [-0.2, 0) is 20.7 Å². The molecule has 1 aliphatic rings. The van der Waals surface area contributed by atoms with Gasteiger partial charge in [-0.25, -0.2) is 4.98 Å². The Labute approximate surface area is 168 Å². The Morgan fingerprint density at radius 2 is 2.07 bits per heavy atom. The van der Waals surface area contributed by atoms with Crippen LogP contribution in [0.3, 0.4) is 0 Å². The molecule has 2 aromatic rings. The maximum Gasteiger partial charge on any atom is 0.312 e. The van der Waals surface area contributed by atoms with E-state index in [1.807, 2.05) is 20.8 Å². The first-order valence-corrected chi connectivity index (χ1v) is 10.3. The number of anilines is 1. The highest BCUT2D eigenvalue weighted by molar-refractivity contribution is 7.09. The summed E-state index contributed by atoms with van der Waals surface area (Å²) in [6, 6.07) is 2.49. The van der Waals surface area contributed by atoms with Crippen LogP contribution in [0.15, 0.2) is 5.38 Å². The lowest BCUT2D eigenvalue weighted by Gasteiger charge is -2.19. The van der Waals surface area contributed by atoms with Gasteiger partial charge in [0, 0.05) is 17.1 Å². The number of rotatable bonds is 6. The van der Waals surface area contributed by atoms with Gasteiger partial charge in [0.2, 0.25) is 0 Å². The second kappa shape index (κ2) is 8.57. The first kappa shape index (κ1) is 20.1. The van der Waals surface area contributed by atoms with Crippen LogP contribution in [0, 0.1) is 32.1 Å². The third-order valence-corrected chi connectivity index (χ3v) is 5.99. The zero-order chi connectivity index (χ0) is 20.3. The van der Waals surface area contributed by atoms with Crippen molar-refractivity contribution in [3.8, 4) is 6.07 Å². The van der Waals surface area contributed by atoms with Gasteiger partial charge in [0.1, 0.15) is 11.9 Å². The molecule has 8 heteroatoms. The second-order valence-electron chi connectivity index (χ2n) is 7.10. The van der Waals surface area contributed by atoms with Gasteiger partial charge in [-0.15, -0.1) is 11.3 Å². The monoisotopic (exact) mass is 400 g/mol. The molecular weight excluding hydrogens is 376 g/mol. The number of esters is 1. The Morgan fingerprint density at radius 3 is 2.68 bits per heavy atom. The van der Waals surface area contributed by atoms with Crippen LogP contribution < -0.4 is 5.32 Å². The van der Waals surface area contributed by atoms with Crippen LogP contribution in [0.1, 0.15) is 59.2 Å². The number of amides is 1. The first-order chi connectivity index (χ1) is 13.4. The van der Waals surface area contributed by atoms with Crippen molar-refractivity contribution in [2.75, 3.05) is 11.9 Å². The zero-order valence-electron chi connectivity index (χ0n) is 16.4. The van der Waals surface area contributed by atoms with Crippen LogP contribution in [0.25, 0.3) is 0 Å². The number of hydrogen-bond acceptors (Lipinski definition) is 6. The molecule has 0 saturated heterocycles. The largest absolute Gasteiger partial charge is 0.455 e. The van der Waals surface area contributed by atoms with Gasteiger partial charge >= 0.3 is 5.97 Å². The molecule has 28 heavy (non-hydrogen) atoms. The number of ether oxygens (including phenoxy) is 1. The second-order valence-corrected chi connectivity index (χ2v) is 8.16. The normalized spacial score (nSPS) is 14.1. The Kier molecular flexibility index (Phi) is 6.15. The third-order valence-electron chi connectivity index (χ3n) is 5.17. The van der Waals surface area contributed by atoms with Crippen molar-refractivity contribution in [3.63, 3.8) is 0 Å². The Hall–Kier alpha value is -2.66. The van der Waals surface area contributed by atoms with Crippen molar-refractivity contribution >= 4 is 29.0 Å². The maximum atomic E-state index is 12.4. The highest BCUT2D eigenvalue weighted by Gasteiger charge is 2.26. The molecule has 7 nitrogen and oxygen atoms in total. The van der Waals surface area contributed by atoms with Gasteiger partial charge < -0.3 is 14.6 Å². The molecule has 0 unspecified atom stereocenters. The maximum absolute atomic E-state index is 12.4. The molecule has 1 amide bonds. The van der Waals surface area contributed by atoms with Crippen molar-refractivity contribution in [1.82, 2.24) is 9.55 Å². The molecule has 2 aromatic heterocycles. The van der Waals surface area contributed by atoms with Crippen molar-refractivity contribution in [2.45, 2.75) is 58.9 Å². The molecule has 1 saturated carbocycles. The van der Waals surface area contributed by atoms with Gasteiger partial charge in [-0.1, -0.05) is 12.8 Å². The van der Waals surface area contributed by atoms with E-state index in [-0.39, 0.29) is 19.1 Å². The average molecular weight is 401 g/mol. The molecule has 0 spiro atoms. The minimum Gasteiger partial charge on any atom is -0.455 e. The fourth-order valence-electron chi connectivity index (χ4n) is 3.71. The smallest absolute Gasteiger partial charge is 0.312 e. The quantitative estimate of drug-likeness (QED) is 0.748. The lowest BCUT2D eigenvalue weighted by Crippen LogP contribution is -2.24. The molecule has 0 aliphatic heterocycles. The summed E-state index contributed by atoms with van der Waals surface area (Å²) >= 11 is 1.46. The molecule has 0 aromatic carbocycles. The van der Waals surface area contributed by atoms with Gasteiger partial charge in [0.15, 0.2) is 6.61 Å². The summed E-state index contributed by atoms with van der Waals surface area (Å²) in [7, 11) is 0. The van der Waals surface area contributed by atoms with E-state index >= 15 is 0 Å². The SMILES string of the molecule is Cc1nc(CC(=O)OCC(=O)Nc2c(C#N)c(C)c(C)n2C2CCCC2)cs1. The minimum absolute atomic E-state index is 0.0394.